The van der Waals surface area contributed by atoms with Crippen LogP contribution in [0.4, 0.5) is 10.1 Å². The van der Waals surface area contributed by atoms with Crippen LogP contribution in [0.3, 0.4) is 0 Å². The Morgan fingerprint density at radius 2 is 1.67 bits per heavy atom. The number of amides is 3. The predicted molar refractivity (Wildman–Crippen MR) is 178 cm³/mol. The highest BCUT2D eigenvalue weighted by Crippen LogP contribution is 2.42. The molecule has 1 fully saturated rings. The quantitative estimate of drug-likeness (QED) is 0.256. The normalized spacial score (nSPS) is 19.3. The largest absolute Gasteiger partial charge is 0.487 e. The molecule has 248 valence electrons. The number of rotatable bonds is 5. The molecule has 7 rings (SSSR count). The lowest BCUT2D eigenvalue weighted by molar-refractivity contribution is 0.0378. The van der Waals surface area contributed by atoms with Gasteiger partial charge < -0.3 is 9.64 Å². The number of fused-ring (bicyclic) bond motifs is 2. The fourth-order valence-electron chi connectivity index (χ4n) is 7.10. The highest BCUT2D eigenvalue weighted by molar-refractivity contribution is 6.35. The van der Waals surface area contributed by atoms with E-state index in [1.807, 2.05) is 52.1 Å². The molecular formula is C37H39FN6O4. The van der Waals surface area contributed by atoms with Crippen LogP contribution in [0.1, 0.15) is 93.6 Å². The van der Waals surface area contributed by atoms with Gasteiger partial charge in [-0.25, -0.2) is 14.0 Å². The zero-order valence-corrected chi connectivity index (χ0v) is 28.1. The number of anilines is 1. The molecule has 1 atom stereocenters. The number of aryl methyl sites for hydroxylation is 2. The van der Waals surface area contributed by atoms with Gasteiger partial charge in [-0.2, -0.15) is 0 Å². The molecule has 48 heavy (non-hydrogen) atoms. The van der Waals surface area contributed by atoms with E-state index in [-0.39, 0.29) is 29.2 Å². The minimum Gasteiger partial charge on any atom is -0.487 e. The number of ether oxygens (including phenoxy) is 1. The Kier molecular flexibility index (Phi) is 7.50. The second kappa shape index (κ2) is 11.4. The number of hydrogen-bond acceptors (Lipinski definition) is 7. The van der Waals surface area contributed by atoms with E-state index in [9.17, 15) is 18.8 Å². The van der Waals surface area contributed by atoms with Gasteiger partial charge in [-0.3, -0.25) is 19.3 Å². The summed E-state index contributed by atoms with van der Waals surface area (Å²) in [6, 6.07) is 14.8. The average molecular weight is 651 g/mol. The second-order valence-corrected chi connectivity index (χ2v) is 14.2. The zero-order valence-electron chi connectivity index (χ0n) is 28.1. The van der Waals surface area contributed by atoms with Gasteiger partial charge in [-0.1, -0.05) is 17.3 Å². The zero-order chi connectivity index (χ0) is 34.1. The van der Waals surface area contributed by atoms with Gasteiger partial charge in [-0.05, 0) is 95.1 Å². The van der Waals surface area contributed by atoms with Crippen molar-refractivity contribution in [2.45, 2.75) is 65.1 Å². The number of nitrogens with zero attached hydrogens (tertiary/aromatic N) is 6. The van der Waals surface area contributed by atoms with Crippen LogP contribution in [-0.2, 0) is 5.54 Å². The molecule has 0 spiro atoms. The SMILES string of the molecule is Cc1ccc(C)c(N2C(=O)c3ccc(C(=O)N4CCN(C(C)(C)c5cn([C@@H]6CC(C)(C)Oc7ccc(F)cc76)nn5)CC4)cc3C2=O)c1. The first kappa shape index (κ1) is 31.7. The van der Waals surface area contributed by atoms with Crippen LogP contribution < -0.4 is 9.64 Å². The summed E-state index contributed by atoms with van der Waals surface area (Å²) in [4.78, 5) is 45.6. The van der Waals surface area contributed by atoms with Crippen molar-refractivity contribution < 1.29 is 23.5 Å². The second-order valence-electron chi connectivity index (χ2n) is 14.2. The summed E-state index contributed by atoms with van der Waals surface area (Å²) in [5.41, 5.74) is 3.82. The number of hydrogen-bond donors (Lipinski definition) is 0. The van der Waals surface area contributed by atoms with E-state index >= 15 is 0 Å². The summed E-state index contributed by atoms with van der Waals surface area (Å²) >= 11 is 0. The van der Waals surface area contributed by atoms with Crippen LogP contribution in [0.5, 0.6) is 5.75 Å². The fourth-order valence-corrected chi connectivity index (χ4v) is 7.10. The number of carbonyl (C=O) groups is 3. The number of aromatic nitrogens is 3. The molecule has 3 amide bonds. The van der Waals surface area contributed by atoms with E-state index in [1.165, 1.54) is 17.0 Å². The average Bonchev–Trinajstić information content (AvgIpc) is 3.65. The van der Waals surface area contributed by atoms with Crippen LogP contribution in [0.2, 0.25) is 0 Å². The minimum atomic E-state index is -0.490. The van der Waals surface area contributed by atoms with Gasteiger partial charge in [0, 0.05) is 43.7 Å². The summed E-state index contributed by atoms with van der Waals surface area (Å²) in [5.74, 6) is -0.662. The highest BCUT2D eigenvalue weighted by atomic mass is 19.1. The molecular weight excluding hydrogens is 611 g/mol. The lowest BCUT2D eigenvalue weighted by Gasteiger charge is -2.43. The third-order valence-corrected chi connectivity index (χ3v) is 9.95. The first-order valence-electron chi connectivity index (χ1n) is 16.3. The van der Waals surface area contributed by atoms with Crippen LogP contribution in [-0.4, -0.2) is 74.3 Å². The Balaban J connectivity index is 1.05. The van der Waals surface area contributed by atoms with Crippen LogP contribution in [0, 0.1) is 19.7 Å². The Bertz CT molecular complexity index is 1980. The smallest absolute Gasteiger partial charge is 0.266 e. The number of carbonyl (C=O) groups excluding carboxylic acids is 3. The molecule has 0 bridgehead atoms. The Hall–Kier alpha value is -4.90. The van der Waals surface area contributed by atoms with E-state index in [0.717, 1.165) is 22.4 Å². The molecule has 3 aromatic carbocycles. The molecule has 10 nitrogen and oxygen atoms in total. The van der Waals surface area contributed by atoms with E-state index in [1.54, 1.807) is 33.8 Å². The number of piperazine rings is 1. The maximum atomic E-state index is 14.2. The summed E-state index contributed by atoms with van der Waals surface area (Å²) in [6.45, 7) is 14.1. The van der Waals surface area contributed by atoms with Gasteiger partial charge in [-0.15, -0.1) is 5.10 Å². The van der Waals surface area contributed by atoms with Gasteiger partial charge in [0.25, 0.3) is 17.7 Å². The molecule has 0 radical (unpaired) electrons. The molecule has 3 aliphatic rings. The number of benzene rings is 3. The first-order chi connectivity index (χ1) is 22.7. The lowest BCUT2D eigenvalue weighted by Crippen LogP contribution is -2.54. The molecule has 1 aromatic heterocycles. The van der Waals surface area contributed by atoms with Crippen molar-refractivity contribution in [3.8, 4) is 5.75 Å². The van der Waals surface area contributed by atoms with Crippen molar-refractivity contribution in [3.63, 3.8) is 0 Å². The van der Waals surface area contributed by atoms with Gasteiger partial charge in [0.1, 0.15) is 22.9 Å². The third kappa shape index (κ3) is 5.35. The topological polar surface area (TPSA) is 101 Å². The van der Waals surface area contributed by atoms with Crippen molar-refractivity contribution in [3.05, 3.63) is 106 Å². The van der Waals surface area contributed by atoms with Gasteiger partial charge in [0.2, 0.25) is 0 Å². The van der Waals surface area contributed by atoms with E-state index < -0.39 is 17.0 Å². The minimum absolute atomic E-state index is 0.181. The van der Waals surface area contributed by atoms with Crippen molar-refractivity contribution in [2.24, 2.45) is 0 Å². The predicted octanol–water partition coefficient (Wildman–Crippen LogP) is 5.68. The van der Waals surface area contributed by atoms with Crippen molar-refractivity contribution in [1.29, 1.82) is 0 Å². The molecule has 0 unspecified atom stereocenters. The maximum Gasteiger partial charge on any atom is 0.266 e. The van der Waals surface area contributed by atoms with Gasteiger partial charge >= 0.3 is 0 Å². The molecule has 11 heteroatoms. The molecule has 0 N–H and O–H groups in total. The van der Waals surface area contributed by atoms with E-state index in [0.29, 0.717) is 55.2 Å². The summed E-state index contributed by atoms with van der Waals surface area (Å²) in [7, 11) is 0. The van der Waals surface area contributed by atoms with E-state index in [4.69, 9.17) is 4.74 Å². The maximum absolute atomic E-state index is 14.2. The number of halogens is 1. The van der Waals surface area contributed by atoms with Crippen molar-refractivity contribution in [1.82, 2.24) is 24.8 Å². The molecule has 0 saturated carbocycles. The molecule has 3 aliphatic heterocycles. The highest BCUT2D eigenvalue weighted by Gasteiger charge is 2.40. The van der Waals surface area contributed by atoms with Gasteiger partial charge in [0.15, 0.2) is 0 Å². The van der Waals surface area contributed by atoms with Crippen LogP contribution >= 0.6 is 0 Å². The Morgan fingerprint density at radius 3 is 2.42 bits per heavy atom. The Morgan fingerprint density at radius 1 is 0.938 bits per heavy atom. The van der Waals surface area contributed by atoms with Crippen molar-refractivity contribution >= 4 is 23.4 Å². The third-order valence-electron chi connectivity index (χ3n) is 9.95. The molecule has 4 aromatic rings. The summed E-state index contributed by atoms with van der Waals surface area (Å²) < 4.78 is 22.2. The van der Waals surface area contributed by atoms with E-state index in [2.05, 4.69) is 29.1 Å². The molecule has 0 aliphatic carbocycles. The lowest BCUT2D eigenvalue weighted by atomic mass is 9.89. The summed E-state index contributed by atoms with van der Waals surface area (Å²) in [5, 5.41) is 9.05. The first-order valence-corrected chi connectivity index (χ1v) is 16.3. The molecule has 4 heterocycles. The Labute approximate surface area is 279 Å². The van der Waals surface area contributed by atoms with Crippen molar-refractivity contribution in [2.75, 3.05) is 31.1 Å². The van der Waals surface area contributed by atoms with Crippen LogP contribution in [0.25, 0.3) is 0 Å². The van der Waals surface area contributed by atoms with Gasteiger partial charge in [0.05, 0.1) is 34.6 Å². The fraction of sp³-hybridized carbons (Fsp3) is 0.378. The number of imide groups is 1. The summed E-state index contributed by atoms with van der Waals surface area (Å²) in [6.07, 6.45) is 2.54. The monoisotopic (exact) mass is 650 g/mol. The molecule has 1 saturated heterocycles. The standard InChI is InChI=1S/C37H39FN6O4/c1-22-7-8-23(2)29(17-22)44-34(46)26-11-9-24(18-27(26)35(44)47)33(45)41-13-15-42(16-14-41)37(5,6)32-21-43(40-39-32)30-20-36(3,4)48-31-12-10-25(38)19-28(30)31/h7-12,17-19,21,30H,13-16,20H2,1-6H3/t30-/m1/s1. The van der Waals surface area contributed by atoms with Crippen LogP contribution in [0.15, 0.2) is 60.8 Å².